The second-order valence-electron chi connectivity index (χ2n) is 6.91. The first-order valence-electron chi connectivity index (χ1n) is 9.83. The van der Waals surface area contributed by atoms with Crippen molar-refractivity contribution in [3.8, 4) is 17.1 Å². The van der Waals surface area contributed by atoms with E-state index in [-0.39, 0.29) is 12.4 Å². The number of hydrogen-bond acceptors (Lipinski definition) is 5. The highest BCUT2D eigenvalue weighted by molar-refractivity contribution is 5.91. The van der Waals surface area contributed by atoms with Crippen molar-refractivity contribution in [1.29, 1.82) is 0 Å². The number of aromatic nitrogens is 4. The normalized spacial score (nSPS) is 11.2. The summed E-state index contributed by atoms with van der Waals surface area (Å²) in [5.74, 6) is -0.197. The minimum atomic E-state index is -0.409. The summed E-state index contributed by atoms with van der Waals surface area (Å²) in [7, 11) is 0. The Labute approximate surface area is 177 Å². The molecule has 7 heteroatoms. The smallest absolute Gasteiger partial charge is 0.338 e. The molecule has 0 saturated carbocycles. The lowest BCUT2D eigenvalue weighted by atomic mass is 10.1. The molecule has 5 rings (SSSR count). The average Bonchev–Trinajstić information content (AvgIpc) is 3.16. The number of ether oxygens (including phenoxy) is 1. The molecule has 6 nitrogen and oxygen atoms in total. The Kier molecular flexibility index (Phi) is 4.63. The van der Waals surface area contributed by atoms with Gasteiger partial charge in [0.2, 0.25) is 0 Å². The summed E-state index contributed by atoms with van der Waals surface area (Å²) in [6.45, 7) is 2.05. The summed E-state index contributed by atoms with van der Waals surface area (Å²) >= 11 is 0. The van der Waals surface area contributed by atoms with Crippen molar-refractivity contribution in [3.05, 3.63) is 84.2 Å². The van der Waals surface area contributed by atoms with Gasteiger partial charge in [0, 0.05) is 5.56 Å². The van der Waals surface area contributed by atoms with Gasteiger partial charge in [0.1, 0.15) is 11.6 Å². The van der Waals surface area contributed by atoms with Gasteiger partial charge >= 0.3 is 5.97 Å². The molecule has 5 aromatic rings. The van der Waals surface area contributed by atoms with E-state index >= 15 is 0 Å². The van der Waals surface area contributed by atoms with Crippen molar-refractivity contribution < 1.29 is 13.9 Å². The number of rotatable bonds is 4. The fraction of sp³-hybridized carbons (Fsp3) is 0.0833. The van der Waals surface area contributed by atoms with E-state index in [2.05, 4.69) is 4.98 Å². The maximum absolute atomic E-state index is 13.5. The quantitative estimate of drug-likeness (QED) is 0.391. The molecule has 2 aromatic heterocycles. The molecule has 0 amide bonds. The van der Waals surface area contributed by atoms with Crippen LogP contribution in [-0.2, 0) is 4.74 Å². The van der Waals surface area contributed by atoms with Crippen LogP contribution in [0.1, 0.15) is 17.3 Å². The van der Waals surface area contributed by atoms with Gasteiger partial charge in [-0.3, -0.25) is 4.57 Å². The number of carbonyl (C=O) groups excluding carboxylic acids is 1. The molecule has 0 aliphatic rings. The summed E-state index contributed by atoms with van der Waals surface area (Å²) < 4.78 is 20.5. The number of hydrogen-bond donors (Lipinski definition) is 0. The highest BCUT2D eigenvalue weighted by Crippen LogP contribution is 2.29. The van der Waals surface area contributed by atoms with Gasteiger partial charge in [-0.2, -0.15) is 0 Å². The molecule has 2 heterocycles. The van der Waals surface area contributed by atoms with Crippen LogP contribution in [0.2, 0.25) is 0 Å². The lowest BCUT2D eigenvalue weighted by molar-refractivity contribution is 0.0526. The van der Waals surface area contributed by atoms with Crippen LogP contribution in [0.25, 0.3) is 39.4 Å². The van der Waals surface area contributed by atoms with Gasteiger partial charge in [-0.25, -0.2) is 24.1 Å². The standard InChI is InChI=1S/C24H17FN4O2/c1-2-31-24(30)16-6-5-7-18(14-16)29-22(15-10-12-17(25)13-11-15)28-21-23(29)27-20-9-4-3-8-19(20)26-21/h3-14H,2H2,1H3. The van der Waals surface area contributed by atoms with Crippen LogP contribution in [0.4, 0.5) is 4.39 Å². The van der Waals surface area contributed by atoms with Crippen molar-refractivity contribution in [1.82, 2.24) is 19.5 Å². The zero-order valence-electron chi connectivity index (χ0n) is 16.6. The SMILES string of the molecule is CCOC(=O)c1cccc(-n2c(-c3ccc(F)cc3)nc3nc4ccccc4nc32)c1. The van der Waals surface area contributed by atoms with Crippen LogP contribution >= 0.6 is 0 Å². The molecule has 0 bridgehead atoms. The van der Waals surface area contributed by atoms with E-state index in [9.17, 15) is 9.18 Å². The molecule has 0 aliphatic carbocycles. The molecular weight excluding hydrogens is 395 g/mol. The van der Waals surface area contributed by atoms with Gasteiger partial charge in [0.15, 0.2) is 11.3 Å². The highest BCUT2D eigenvalue weighted by atomic mass is 19.1. The molecule has 0 unspecified atom stereocenters. The Morgan fingerprint density at radius 3 is 2.42 bits per heavy atom. The van der Waals surface area contributed by atoms with Gasteiger partial charge in [-0.05, 0) is 61.5 Å². The number of benzene rings is 3. The number of para-hydroxylation sites is 2. The van der Waals surface area contributed by atoms with Crippen LogP contribution in [0, 0.1) is 5.82 Å². The molecule has 0 N–H and O–H groups in total. The Bertz CT molecular complexity index is 1430. The summed E-state index contributed by atoms with van der Waals surface area (Å²) in [6.07, 6.45) is 0. The average molecular weight is 412 g/mol. The second kappa shape index (κ2) is 7.60. The van der Waals surface area contributed by atoms with Crippen molar-refractivity contribution in [2.24, 2.45) is 0 Å². The molecule has 0 spiro atoms. The van der Waals surface area contributed by atoms with Crippen molar-refractivity contribution in [2.75, 3.05) is 6.61 Å². The summed E-state index contributed by atoms with van der Waals surface area (Å²) in [4.78, 5) is 26.4. The van der Waals surface area contributed by atoms with Crippen molar-refractivity contribution >= 4 is 28.3 Å². The largest absolute Gasteiger partial charge is 0.462 e. The predicted molar refractivity (Wildman–Crippen MR) is 116 cm³/mol. The van der Waals surface area contributed by atoms with Gasteiger partial charge in [-0.15, -0.1) is 0 Å². The molecule has 0 aliphatic heterocycles. The van der Waals surface area contributed by atoms with E-state index in [0.717, 1.165) is 11.0 Å². The number of esters is 1. The number of halogens is 1. The van der Waals surface area contributed by atoms with Crippen molar-refractivity contribution in [2.45, 2.75) is 6.92 Å². The first-order chi connectivity index (χ1) is 15.1. The third-order valence-corrected chi connectivity index (χ3v) is 4.89. The van der Waals surface area contributed by atoms with Gasteiger partial charge < -0.3 is 4.74 Å². The third kappa shape index (κ3) is 3.40. The van der Waals surface area contributed by atoms with Gasteiger partial charge in [0.25, 0.3) is 0 Å². The van der Waals surface area contributed by atoms with Gasteiger partial charge in [-0.1, -0.05) is 18.2 Å². The maximum Gasteiger partial charge on any atom is 0.338 e. The molecule has 0 saturated heterocycles. The van der Waals surface area contributed by atoms with E-state index in [1.807, 2.05) is 34.9 Å². The highest BCUT2D eigenvalue weighted by Gasteiger charge is 2.19. The number of nitrogens with zero attached hydrogens (tertiary/aromatic N) is 4. The van der Waals surface area contributed by atoms with E-state index in [1.54, 1.807) is 37.3 Å². The van der Waals surface area contributed by atoms with E-state index in [0.29, 0.717) is 33.9 Å². The van der Waals surface area contributed by atoms with Crippen molar-refractivity contribution in [3.63, 3.8) is 0 Å². The van der Waals surface area contributed by atoms with Crippen LogP contribution in [0.3, 0.4) is 0 Å². The molecule has 0 atom stereocenters. The van der Waals surface area contributed by atoms with Crippen LogP contribution < -0.4 is 0 Å². The first kappa shape index (κ1) is 18.9. The lowest BCUT2D eigenvalue weighted by Gasteiger charge is -2.10. The Balaban J connectivity index is 1.79. The molecule has 0 fully saturated rings. The molecule has 31 heavy (non-hydrogen) atoms. The number of imidazole rings is 1. The Morgan fingerprint density at radius 2 is 1.68 bits per heavy atom. The fourth-order valence-corrected chi connectivity index (χ4v) is 3.48. The van der Waals surface area contributed by atoms with E-state index in [1.165, 1.54) is 12.1 Å². The molecule has 0 radical (unpaired) electrons. The van der Waals surface area contributed by atoms with Crippen LogP contribution in [0.5, 0.6) is 0 Å². The third-order valence-electron chi connectivity index (χ3n) is 4.89. The maximum atomic E-state index is 13.5. The lowest BCUT2D eigenvalue weighted by Crippen LogP contribution is -2.06. The Hall–Kier alpha value is -4.13. The zero-order chi connectivity index (χ0) is 21.4. The monoisotopic (exact) mass is 412 g/mol. The summed E-state index contributed by atoms with van der Waals surface area (Å²) in [5.41, 5.74) is 4.25. The Morgan fingerprint density at radius 1 is 0.935 bits per heavy atom. The minimum absolute atomic E-state index is 0.287. The summed E-state index contributed by atoms with van der Waals surface area (Å²) in [6, 6.07) is 20.7. The molecule has 3 aromatic carbocycles. The van der Waals surface area contributed by atoms with Gasteiger partial charge in [0.05, 0.1) is 28.9 Å². The number of carbonyl (C=O) groups is 1. The fourth-order valence-electron chi connectivity index (χ4n) is 3.48. The number of fused-ring (bicyclic) bond motifs is 2. The van der Waals surface area contributed by atoms with E-state index < -0.39 is 5.97 Å². The molecule has 152 valence electrons. The minimum Gasteiger partial charge on any atom is -0.462 e. The zero-order valence-corrected chi connectivity index (χ0v) is 16.6. The predicted octanol–water partition coefficient (Wildman–Crippen LogP) is 4.95. The van der Waals surface area contributed by atoms with Crippen LogP contribution in [0.15, 0.2) is 72.8 Å². The van der Waals surface area contributed by atoms with E-state index in [4.69, 9.17) is 14.7 Å². The summed E-state index contributed by atoms with van der Waals surface area (Å²) in [5, 5.41) is 0. The topological polar surface area (TPSA) is 69.9 Å². The first-order valence-corrected chi connectivity index (χ1v) is 9.83. The second-order valence-corrected chi connectivity index (χ2v) is 6.91. The molecular formula is C24H17FN4O2. The van der Waals surface area contributed by atoms with Crippen LogP contribution in [-0.4, -0.2) is 32.1 Å².